The number of hydrogen-bond acceptors (Lipinski definition) is 4. The summed E-state index contributed by atoms with van der Waals surface area (Å²) in [5.74, 6) is 1.06. The van der Waals surface area contributed by atoms with Crippen LogP contribution in [0, 0.1) is 0 Å². The maximum atomic E-state index is 12.8. The lowest BCUT2D eigenvalue weighted by Gasteiger charge is -2.25. The fourth-order valence-corrected chi connectivity index (χ4v) is 4.81. The first kappa shape index (κ1) is 26.0. The smallest absolute Gasteiger partial charge is 0.251 e. The third-order valence-electron chi connectivity index (χ3n) is 5.99. The van der Waals surface area contributed by atoms with Gasteiger partial charge in [0.05, 0.1) is 18.5 Å². The number of rotatable bonds is 10. The van der Waals surface area contributed by atoms with Crippen LogP contribution >= 0.6 is 0 Å². The Morgan fingerprint density at radius 1 is 0.838 bits per heavy atom. The molecule has 0 bridgehead atoms. The number of para-hydroxylation sites is 3. The number of ether oxygens (including phenoxy) is 1. The minimum absolute atomic E-state index is 0.0982. The van der Waals surface area contributed by atoms with E-state index in [9.17, 15) is 13.2 Å². The normalized spacial score (nSPS) is 11.9. The van der Waals surface area contributed by atoms with Gasteiger partial charge in [-0.25, -0.2) is 8.42 Å². The predicted molar refractivity (Wildman–Crippen MR) is 148 cm³/mol. The minimum Gasteiger partial charge on any atom is -0.455 e. The van der Waals surface area contributed by atoms with Gasteiger partial charge < -0.3 is 10.1 Å². The van der Waals surface area contributed by atoms with Crippen LogP contribution in [0.3, 0.4) is 0 Å². The fourth-order valence-electron chi connectivity index (χ4n) is 3.92. The van der Waals surface area contributed by atoms with Gasteiger partial charge in [0.25, 0.3) is 5.91 Å². The van der Waals surface area contributed by atoms with E-state index in [2.05, 4.69) is 12.2 Å². The van der Waals surface area contributed by atoms with Gasteiger partial charge >= 0.3 is 0 Å². The molecule has 1 atom stereocenters. The molecular weight excluding hydrogens is 484 g/mol. The quantitative estimate of drug-likeness (QED) is 0.283. The summed E-state index contributed by atoms with van der Waals surface area (Å²) < 4.78 is 32.9. The zero-order valence-electron chi connectivity index (χ0n) is 20.9. The van der Waals surface area contributed by atoms with Crippen molar-refractivity contribution in [1.82, 2.24) is 5.32 Å². The number of hydrogen-bond donors (Lipinski definition) is 1. The number of carbonyl (C=O) groups is 1. The molecule has 1 N–H and O–H groups in total. The lowest BCUT2D eigenvalue weighted by molar-refractivity contribution is 0.0951. The van der Waals surface area contributed by atoms with Crippen molar-refractivity contribution in [2.45, 2.75) is 19.4 Å². The van der Waals surface area contributed by atoms with Gasteiger partial charge in [0.1, 0.15) is 5.75 Å². The van der Waals surface area contributed by atoms with Gasteiger partial charge in [0.15, 0.2) is 5.75 Å². The summed E-state index contributed by atoms with van der Waals surface area (Å²) in [6, 6.07) is 33.2. The minimum atomic E-state index is -3.63. The van der Waals surface area contributed by atoms with Gasteiger partial charge in [-0.1, -0.05) is 79.7 Å². The predicted octanol–water partition coefficient (Wildman–Crippen LogP) is 5.98. The Kier molecular flexibility index (Phi) is 8.25. The Hall–Kier alpha value is -4.10. The van der Waals surface area contributed by atoms with Crippen LogP contribution in [0.15, 0.2) is 109 Å². The molecule has 7 heteroatoms. The molecule has 6 nitrogen and oxygen atoms in total. The van der Waals surface area contributed by atoms with Crippen molar-refractivity contribution in [2.75, 3.05) is 17.1 Å². The Labute approximate surface area is 218 Å². The molecule has 0 fully saturated rings. The molecule has 0 unspecified atom stereocenters. The van der Waals surface area contributed by atoms with Gasteiger partial charge in [0.2, 0.25) is 10.0 Å². The number of anilines is 1. The van der Waals surface area contributed by atoms with Crippen LogP contribution in [0.1, 0.15) is 34.3 Å². The highest BCUT2D eigenvalue weighted by Gasteiger charge is 2.22. The Bertz CT molecular complexity index is 1420. The number of nitrogens with zero attached hydrogens (tertiary/aromatic N) is 1. The largest absolute Gasteiger partial charge is 0.455 e. The third kappa shape index (κ3) is 6.98. The van der Waals surface area contributed by atoms with E-state index in [4.69, 9.17) is 4.74 Å². The second-order valence-electron chi connectivity index (χ2n) is 8.87. The van der Waals surface area contributed by atoms with Crippen molar-refractivity contribution < 1.29 is 17.9 Å². The number of benzene rings is 4. The van der Waals surface area contributed by atoms with Crippen molar-refractivity contribution in [3.63, 3.8) is 0 Å². The molecule has 0 radical (unpaired) electrons. The summed E-state index contributed by atoms with van der Waals surface area (Å²) in [6.07, 6.45) is 1.17. The maximum absolute atomic E-state index is 12.8. The van der Waals surface area contributed by atoms with Crippen molar-refractivity contribution in [3.8, 4) is 11.5 Å². The van der Waals surface area contributed by atoms with E-state index in [0.717, 1.165) is 11.1 Å². The molecule has 0 saturated carbocycles. The first-order chi connectivity index (χ1) is 17.8. The van der Waals surface area contributed by atoms with Crippen molar-refractivity contribution in [2.24, 2.45) is 0 Å². The van der Waals surface area contributed by atoms with Gasteiger partial charge in [-0.3, -0.25) is 9.10 Å². The molecule has 0 saturated heterocycles. The molecule has 0 aromatic heterocycles. The van der Waals surface area contributed by atoms with Crippen LogP contribution in [0.4, 0.5) is 5.69 Å². The van der Waals surface area contributed by atoms with Crippen molar-refractivity contribution >= 4 is 21.6 Å². The molecule has 4 aromatic carbocycles. The molecule has 4 aromatic rings. The standard InChI is InChI=1S/C30H30N2O4S/c1-23(25-11-5-3-6-12-25)21-31-30(33)26-19-17-24(18-20-26)22-32(37(2,34)35)28-15-9-10-16-29(28)36-27-13-7-4-8-14-27/h3-20,23H,21-22H2,1-2H3,(H,31,33)/t23-/m1/s1. The lowest BCUT2D eigenvalue weighted by Crippen LogP contribution is -2.30. The van der Waals surface area contributed by atoms with Gasteiger partial charge in [-0.2, -0.15) is 0 Å². The van der Waals surface area contributed by atoms with Gasteiger partial charge in [-0.15, -0.1) is 0 Å². The zero-order chi connectivity index (χ0) is 26.3. The first-order valence-corrected chi connectivity index (χ1v) is 13.9. The second-order valence-corrected chi connectivity index (χ2v) is 10.8. The van der Waals surface area contributed by atoms with Crippen LogP contribution in [0.2, 0.25) is 0 Å². The summed E-state index contributed by atoms with van der Waals surface area (Å²) in [6.45, 7) is 2.68. The number of nitrogens with one attached hydrogen (secondary N) is 1. The van der Waals surface area contributed by atoms with E-state index < -0.39 is 10.0 Å². The van der Waals surface area contributed by atoms with E-state index in [-0.39, 0.29) is 18.4 Å². The van der Waals surface area contributed by atoms with E-state index in [1.165, 1.54) is 10.6 Å². The maximum Gasteiger partial charge on any atom is 0.251 e. The highest BCUT2D eigenvalue weighted by atomic mass is 32.2. The summed E-state index contributed by atoms with van der Waals surface area (Å²) in [4.78, 5) is 12.7. The molecule has 0 heterocycles. The number of sulfonamides is 1. The SMILES string of the molecule is C[C@H](CNC(=O)c1ccc(CN(c2ccccc2Oc2ccccc2)S(C)(=O)=O)cc1)c1ccccc1. The van der Waals surface area contributed by atoms with Crippen LogP contribution in [-0.2, 0) is 16.6 Å². The number of amides is 1. The molecule has 1 amide bonds. The van der Waals surface area contributed by atoms with Crippen LogP contribution < -0.4 is 14.4 Å². The van der Waals surface area contributed by atoms with Crippen LogP contribution in [0.25, 0.3) is 0 Å². The molecule has 0 spiro atoms. The Balaban J connectivity index is 1.47. The van der Waals surface area contributed by atoms with Crippen LogP contribution in [0.5, 0.6) is 11.5 Å². The lowest BCUT2D eigenvalue weighted by atomic mass is 10.0. The van der Waals surface area contributed by atoms with Crippen molar-refractivity contribution in [3.05, 3.63) is 126 Å². The van der Waals surface area contributed by atoms with Crippen molar-refractivity contribution in [1.29, 1.82) is 0 Å². The molecular formula is C30H30N2O4S. The number of carbonyl (C=O) groups excluding carboxylic acids is 1. The molecule has 0 aliphatic heterocycles. The molecule has 0 aliphatic rings. The average molecular weight is 515 g/mol. The molecule has 190 valence electrons. The van der Waals surface area contributed by atoms with Crippen LogP contribution in [-0.4, -0.2) is 27.1 Å². The summed E-state index contributed by atoms with van der Waals surface area (Å²) >= 11 is 0. The molecule has 37 heavy (non-hydrogen) atoms. The van der Waals surface area contributed by atoms with E-state index in [0.29, 0.717) is 29.3 Å². The Morgan fingerprint density at radius 3 is 2.08 bits per heavy atom. The topological polar surface area (TPSA) is 75.7 Å². The van der Waals surface area contributed by atoms with Gasteiger partial charge in [-0.05, 0) is 53.4 Å². The fraction of sp³-hybridized carbons (Fsp3) is 0.167. The highest BCUT2D eigenvalue weighted by molar-refractivity contribution is 7.92. The first-order valence-electron chi connectivity index (χ1n) is 12.0. The second kappa shape index (κ2) is 11.8. The summed E-state index contributed by atoms with van der Waals surface area (Å²) in [5, 5.41) is 2.98. The van der Waals surface area contributed by atoms with E-state index in [1.54, 1.807) is 48.5 Å². The highest BCUT2D eigenvalue weighted by Crippen LogP contribution is 2.34. The summed E-state index contributed by atoms with van der Waals surface area (Å²) in [7, 11) is -3.63. The molecule has 0 aliphatic carbocycles. The molecule has 4 rings (SSSR count). The summed E-state index contributed by atoms with van der Waals surface area (Å²) in [5.41, 5.74) is 2.86. The average Bonchev–Trinajstić information content (AvgIpc) is 2.91. The van der Waals surface area contributed by atoms with Gasteiger partial charge in [0, 0.05) is 12.1 Å². The van der Waals surface area contributed by atoms with E-state index >= 15 is 0 Å². The Morgan fingerprint density at radius 2 is 1.43 bits per heavy atom. The zero-order valence-corrected chi connectivity index (χ0v) is 21.7. The monoisotopic (exact) mass is 514 g/mol. The van der Waals surface area contributed by atoms with E-state index in [1.807, 2.05) is 60.7 Å². The third-order valence-corrected chi connectivity index (χ3v) is 7.11.